The van der Waals surface area contributed by atoms with Gasteiger partial charge >= 0.3 is 0 Å². The van der Waals surface area contributed by atoms with Gasteiger partial charge in [0, 0.05) is 0 Å². The lowest BCUT2D eigenvalue weighted by Gasteiger charge is -2.20. The lowest BCUT2D eigenvalue weighted by molar-refractivity contribution is -0.120. The number of likely N-dealkylation sites (tertiary alicyclic amines) is 1. The summed E-state index contributed by atoms with van der Waals surface area (Å²) in [5, 5.41) is 9.25. The summed E-state index contributed by atoms with van der Waals surface area (Å²) in [5.74, 6) is -0.597. The molecule has 0 bridgehead atoms. The predicted molar refractivity (Wildman–Crippen MR) is 74.7 cm³/mol. The molecule has 3 heteroatoms. The minimum atomic E-state index is -0.621. The van der Waals surface area contributed by atoms with Crippen molar-refractivity contribution in [2.75, 3.05) is 19.6 Å². The molecular weight excluding hydrogens is 236 g/mol. The highest BCUT2D eigenvalue weighted by Crippen LogP contribution is 2.17. The molecule has 0 radical (unpaired) electrons. The Morgan fingerprint density at radius 3 is 2.37 bits per heavy atom. The summed E-state index contributed by atoms with van der Waals surface area (Å²) in [5.41, 5.74) is 0.810. The minimum Gasteiger partial charge on any atom is -0.296 e. The van der Waals surface area contributed by atoms with E-state index in [1.165, 1.54) is 12.8 Å². The van der Waals surface area contributed by atoms with Crippen LogP contribution in [0, 0.1) is 11.3 Å². The van der Waals surface area contributed by atoms with Crippen LogP contribution < -0.4 is 0 Å². The quantitative estimate of drug-likeness (QED) is 0.832. The van der Waals surface area contributed by atoms with E-state index in [0.29, 0.717) is 6.54 Å². The second-order valence-corrected chi connectivity index (χ2v) is 5.13. The van der Waals surface area contributed by atoms with Crippen LogP contribution in [0.1, 0.15) is 37.2 Å². The van der Waals surface area contributed by atoms with Crippen molar-refractivity contribution in [3.05, 3.63) is 35.9 Å². The largest absolute Gasteiger partial charge is 0.296 e. The van der Waals surface area contributed by atoms with Crippen molar-refractivity contribution in [2.45, 2.75) is 31.6 Å². The molecule has 19 heavy (non-hydrogen) atoms. The third-order valence-corrected chi connectivity index (χ3v) is 3.66. The fourth-order valence-electron chi connectivity index (χ4n) is 2.58. The molecule has 2 rings (SSSR count). The Morgan fingerprint density at radius 1 is 1.16 bits per heavy atom. The van der Waals surface area contributed by atoms with Gasteiger partial charge in [0.05, 0.1) is 12.6 Å². The highest BCUT2D eigenvalue weighted by molar-refractivity contribution is 5.90. The van der Waals surface area contributed by atoms with Gasteiger partial charge in [-0.3, -0.25) is 9.69 Å². The zero-order valence-corrected chi connectivity index (χ0v) is 11.2. The molecule has 3 nitrogen and oxygen atoms in total. The lowest BCUT2D eigenvalue weighted by Crippen LogP contribution is -2.33. The Labute approximate surface area is 114 Å². The van der Waals surface area contributed by atoms with Crippen LogP contribution in [0.15, 0.2) is 30.3 Å². The smallest absolute Gasteiger partial charge is 0.168 e. The number of ketones is 1. The Kier molecular flexibility index (Phi) is 5.11. The van der Waals surface area contributed by atoms with Gasteiger partial charge in [0.1, 0.15) is 5.92 Å². The number of benzene rings is 1. The van der Waals surface area contributed by atoms with Gasteiger partial charge < -0.3 is 0 Å². The molecule has 1 heterocycles. The highest BCUT2D eigenvalue weighted by Gasteiger charge is 2.22. The first-order valence-electron chi connectivity index (χ1n) is 7.01. The Balaban J connectivity index is 1.99. The van der Waals surface area contributed by atoms with E-state index in [-0.39, 0.29) is 5.78 Å². The van der Waals surface area contributed by atoms with Gasteiger partial charge in [-0.25, -0.2) is 0 Å². The molecule has 0 aromatic heterocycles. The molecule has 0 spiro atoms. The van der Waals surface area contributed by atoms with Crippen molar-refractivity contribution in [1.82, 2.24) is 4.90 Å². The van der Waals surface area contributed by atoms with E-state index in [1.54, 1.807) is 0 Å². The van der Waals surface area contributed by atoms with Gasteiger partial charge in [0.15, 0.2) is 5.78 Å². The summed E-state index contributed by atoms with van der Waals surface area (Å²) in [7, 11) is 0. The first-order chi connectivity index (χ1) is 9.31. The van der Waals surface area contributed by atoms with E-state index in [4.69, 9.17) is 0 Å². The number of carbonyl (C=O) groups excluding carboxylic acids is 1. The molecule has 1 unspecified atom stereocenters. The Bertz CT molecular complexity index is 442. The average molecular weight is 256 g/mol. The number of rotatable bonds is 4. The molecular formula is C16H20N2O. The zero-order valence-electron chi connectivity index (χ0n) is 11.2. The molecule has 1 saturated heterocycles. The van der Waals surface area contributed by atoms with Crippen LogP contribution in [0.2, 0.25) is 0 Å². The van der Waals surface area contributed by atoms with Gasteiger partial charge in [-0.2, -0.15) is 5.26 Å². The molecule has 1 aliphatic heterocycles. The lowest BCUT2D eigenvalue weighted by atomic mass is 9.96. The van der Waals surface area contributed by atoms with Crippen LogP contribution in [-0.2, 0) is 4.79 Å². The van der Waals surface area contributed by atoms with Crippen LogP contribution in [0.5, 0.6) is 0 Å². The maximum atomic E-state index is 12.3. The van der Waals surface area contributed by atoms with Crippen molar-refractivity contribution in [1.29, 1.82) is 5.26 Å². The molecule has 1 aromatic carbocycles. The van der Waals surface area contributed by atoms with E-state index < -0.39 is 5.92 Å². The fraction of sp³-hybridized carbons (Fsp3) is 0.500. The SMILES string of the molecule is N#CC(C(=O)CN1CCCCCC1)c1ccccc1. The minimum absolute atomic E-state index is 0.0237. The predicted octanol–water partition coefficient (Wildman–Crippen LogP) is 2.74. The summed E-state index contributed by atoms with van der Waals surface area (Å²) in [6, 6.07) is 11.5. The molecule has 1 aromatic rings. The second kappa shape index (κ2) is 7.06. The molecule has 100 valence electrons. The van der Waals surface area contributed by atoms with Crippen LogP contribution >= 0.6 is 0 Å². The number of carbonyl (C=O) groups is 1. The first-order valence-corrected chi connectivity index (χ1v) is 7.01. The normalized spacial score (nSPS) is 18.3. The van der Waals surface area contributed by atoms with Crippen molar-refractivity contribution < 1.29 is 4.79 Å². The molecule has 0 aliphatic carbocycles. The van der Waals surface area contributed by atoms with E-state index >= 15 is 0 Å². The Morgan fingerprint density at radius 2 is 1.79 bits per heavy atom. The molecule has 1 fully saturated rings. The Hall–Kier alpha value is -1.66. The first kappa shape index (κ1) is 13.8. The number of Topliss-reactive ketones (excluding diaryl/α,β-unsaturated/α-hetero) is 1. The molecule has 0 amide bonds. The highest BCUT2D eigenvalue weighted by atomic mass is 16.1. The van der Waals surface area contributed by atoms with Gasteiger partial charge in [0.25, 0.3) is 0 Å². The fourth-order valence-corrected chi connectivity index (χ4v) is 2.58. The molecule has 1 aliphatic rings. The van der Waals surface area contributed by atoms with Gasteiger partial charge in [-0.15, -0.1) is 0 Å². The maximum absolute atomic E-state index is 12.3. The van der Waals surface area contributed by atoms with Gasteiger partial charge in [-0.1, -0.05) is 43.2 Å². The summed E-state index contributed by atoms with van der Waals surface area (Å²) in [4.78, 5) is 14.5. The number of hydrogen-bond donors (Lipinski definition) is 0. The summed E-state index contributed by atoms with van der Waals surface area (Å²) < 4.78 is 0. The monoisotopic (exact) mass is 256 g/mol. The van der Waals surface area contributed by atoms with E-state index in [0.717, 1.165) is 31.5 Å². The molecule has 0 N–H and O–H groups in total. The van der Waals surface area contributed by atoms with Crippen molar-refractivity contribution in [3.63, 3.8) is 0 Å². The number of nitrogens with zero attached hydrogens (tertiary/aromatic N) is 2. The van der Waals surface area contributed by atoms with Crippen LogP contribution in [0.4, 0.5) is 0 Å². The van der Waals surface area contributed by atoms with Gasteiger partial charge in [-0.05, 0) is 31.5 Å². The van der Waals surface area contributed by atoms with Crippen LogP contribution in [-0.4, -0.2) is 30.3 Å². The maximum Gasteiger partial charge on any atom is 0.168 e. The third kappa shape index (κ3) is 3.90. The average Bonchev–Trinajstić information content (AvgIpc) is 2.69. The van der Waals surface area contributed by atoms with E-state index in [1.807, 2.05) is 30.3 Å². The molecule has 0 saturated carbocycles. The van der Waals surface area contributed by atoms with Gasteiger partial charge in [0.2, 0.25) is 0 Å². The standard InChI is InChI=1S/C16H20N2O/c17-12-15(14-8-4-3-5-9-14)16(19)13-18-10-6-1-2-7-11-18/h3-5,8-9,15H,1-2,6-7,10-11,13H2. The summed E-state index contributed by atoms with van der Waals surface area (Å²) in [6.07, 6.45) is 4.84. The van der Waals surface area contributed by atoms with E-state index in [2.05, 4.69) is 11.0 Å². The van der Waals surface area contributed by atoms with Crippen LogP contribution in [0.25, 0.3) is 0 Å². The molecule has 1 atom stereocenters. The summed E-state index contributed by atoms with van der Waals surface area (Å²) in [6.45, 7) is 2.38. The topological polar surface area (TPSA) is 44.1 Å². The van der Waals surface area contributed by atoms with E-state index in [9.17, 15) is 10.1 Å². The third-order valence-electron chi connectivity index (χ3n) is 3.66. The number of nitriles is 1. The van der Waals surface area contributed by atoms with Crippen molar-refractivity contribution >= 4 is 5.78 Å². The van der Waals surface area contributed by atoms with Crippen LogP contribution in [0.3, 0.4) is 0 Å². The number of hydrogen-bond acceptors (Lipinski definition) is 3. The van der Waals surface area contributed by atoms with Crippen molar-refractivity contribution in [2.24, 2.45) is 0 Å². The second-order valence-electron chi connectivity index (χ2n) is 5.13. The summed E-state index contributed by atoms with van der Waals surface area (Å²) >= 11 is 0. The van der Waals surface area contributed by atoms with Crippen molar-refractivity contribution in [3.8, 4) is 6.07 Å². The zero-order chi connectivity index (χ0) is 13.5.